The molecule has 36 heavy (non-hydrogen) atoms. The summed E-state index contributed by atoms with van der Waals surface area (Å²) in [4.78, 5) is 15.4. The minimum Gasteiger partial charge on any atom is -0.497 e. The molecule has 1 aromatic carbocycles. The van der Waals surface area contributed by atoms with Crippen LogP contribution in [0.2, 0.25) is 0 Å². The number of nitrogens with one attached hydrogen (secondary N) is 1. The van der Waals surface area contributed by atoms with Gasteiger partial charge in [-0.25, -0.2) is 0 Å². The molecule has 3 N–H and O–H groups in total. The van der Waals surface area contributed by atoms with E-state index in [0.717, 1.165) is 31.4 Å². The first-order chi connectivity index (χ1) is 17.3. The number of carbonyl (C=O) groups excluding carboxylic acids is 1. The van der Waals surface area contributed by atoms with E-state index in [4.69, 9.17) is 18.9 Å². The number of amides is 1. The number of thioether (sulfide) groups is 1. The van der Waals surface area contributed by atoms with Gasteiger partial charge in [0.2, 0.25) is 5.91 Å². The van der Waals surface area contributed by atoms with E-state index >= 15 is 0 Å². The highest BCUT2D eigenvalue weighted by Gasteiger charge is 2.55. The Hall–Kier alpha value is -1.40. The van der Waals surface area contributed by atoms with Crippen LogP contribution in [-0.2, 0) is 19.0 Å². The standard InChI is InChI=1S/C26H40N2O7S/c1-6-7-15-12-18(28(3)13-15)24(31)27-19(14(2)29)21-23-22(20(30)26(35-21)36-5)33-25(34-23)16-8-10-17(32-4)11-9-16/h8-11,14-15,18-23,25-26,29-30H,6-7,12-13H2,1-5H3,(H,27,31)/t14-,15+,18-,19+,20+,21-,22-,23+,25+,26+/m0/s1. The Morgan fingerprint density at radius 3 is 2.56 bits per heavy atom. The van der Waals surface area contributed by atoms with E-state index in [0.29, 0.717) is 11.7 Å². The minimum atomic E-state index is -0.925. The second-order valence-electron chi connectivity index (χ2n) is 10.1. The number of hydrogen-bond donors (Lipinski definition) is 3. The molecule has 0 unspecified atom stereocenters. The Morgan fingerprint density at radius 1 is 1.25 bits per heavy atom. The average Bonchev–Trinajstić information content (AvgIpc) is 3.47. The van der Waals surface area contributed by atoms with Gasteiger partial charge in [-0.3, -0.25) is 9.69 Å². The van der Waals surface area contributed by atoms with Gasteiger partial charge in [0.05, 0.1) is 25.3 Å². The van der Waals surface area contributed by atoms with Crippen molar-refractivity contribution in [1.82, 2.24) is 10.2 Å². The largest absolute Gasteiger partial charge is 0.497 e. The number of hydrogen-bond acceptors (Lipinski definition) is 9. The molecule has 3 aliphatic rings. The van der Waals surface area contributed by atoms with Gasteiger partial charge in [0, 0.05) is 12.1 Å². The summed E-state index contributed by atoms with van der Waals surface area (Å²) in [6.45, 7) is 4.68. The van der Waals surface area contributed by atoms with Crippen LogP contribution in [0.25, 0.3) is 0 Å². The highest BCUT2D eigenvalue weighted by molar-refractivity contribution is 7.99. The van der Waals surface area contributed by atoms with Gasteiger partial charge in [-0.2, -0.15) is 0 Å². The van der Waals surface area contributed by atoms with Gasteiger partial charge in [-0.05, 0) is 51.1 Å². The van der Waals surface area contributed by atoms with Gasteiger partial charge in [-0.15, -0.1) is 11.8 Å². The molecule has 0 radical (unpaired) electrons. The Labute approximate surface area is 217 Å². The van der Waals surface area contributed by atoms with Crippen molar-refractivity contribution in [3.63, 3.8) is 0 Å². The monoisotopic (exact) mass is 524 g/mol. The maximum absolute atomic E-state index is 13.4. The molecule has 3 saturated heterocycles. The number of fused-ring (bicyclic) bond motifs is 1. The highest BCUT2D eigenvalue weighted by atomic mass is 32.2. The normalized spacial score (nSPS) is 36.3. The zero-order chi connectivity index (χ0) is 26.0. The number of rotatable bonds is 9. The number of carbonyl (C=O) groups is 1. The van der Waals surface area contributed by atoms with Crippen LogP contribution in [0.4, 0.5) is 0 Å². The van der Waals surface area contributed by atoms with E-state index in [9.17, 15) is 15.0 Å². The lowest BCUT2D eigenvalue weighted by molar-refractivity contribution is -0.176. The van der Waals surface area contributed by atoms with Gasteiger partial charge in [0.15, 0.2) is 6.29 Å². The molecule has 0 spiro atoms. The maximum atomic E-state index is 13.4. The smallest absolute Gasteiger partial charge is 0.237 e. The first-order valence-corrected chi connectivity index (χ1v) is 14.1. The minimum absolute atomic E-state index is 0.125. The van der Waals surface area contributed by atoms with Crippen LogP contribution in [0.3, 0.4) is 0 Å². The number of ether oxygens (including phenoxy) is 4. The summed E-state index contributed by atoms with van der Waals surface area (Å²) in [5.74, 6) is 1.08. The van der Waals surface area contributed by atoms with Crippen LogP contribution < -0.4 is 10.1 Å². The fraction of sp³-hybridized carbons (Fsp3) is 0.731. The quantitative estimate of drug-likeness (QED) is 0.446. The van der Waals surface area contributed by atoms with Crippen molar-refractivity contribution in [2.24, 2.45) is 5.92 Å². The summed E-state index contributed by atoms with van der Waals surface area (Å²) in [6, 6.07) is 6.36. The van der Waals surface area contributed by atoms with Gasteiger partial charge in [-0.1, -0.05) is 25.5 Å². The molecule has 10 heteroatoms. The van der Waals surface area contributed by atoms with E-state index in [2.05, 4.69) is 17.1 Å². The molecule has 0 aliphatic carbocycles. The predicted octanol–water partition coefficient (Wildman–Crippen LogP) is 1.91. The summed E-state index contributed by atoms with van der Waals surface area (Å²) < 4.78 is 24.0. The molecule has 0 aromatic heterocycles. The zero-order valence-electron chi connectivity index (χ0n) is 21.7. The van der Waals surface area contributed by atoms with E-state index < -0.39 is 48.3 Å². The third kappa shape index (κ3) is 5.70. The molecule has 1 aromatic rings. The maximum Gasteiger partial charge on any atom is 0.237 e. The van der Waals surface area contributed by atoms with Crippen LogP contribution in [0.1, 0.15) is 45.0 Å². The Balaban J connectivity index is 1.53. The topological polar surface area (TPSA) is 110 Å². The third-order valence-electron chi connectivity index (χ3n) is 7.55. The molecule has 9 nitrogen and oxygen atoms in total. The second-order valence-corrected chi connectivity index (χ2v) is 11.1. The van der Waals surface area contributed by atoms with Crippen molar-refractivity contribution in [2.75, 3.05) is 27.0 Å². The van der Waals surface area contributed by atoms with Crippen LogP contribution in [0.15, 0.2) is 24.3 Å². The molecule has 3 fully saturated rings. The van der Waals surface area contributed by atoms with E-state index in [-0.39, 0.29) is 11.9 Å². The number of aliphatic hydroxyl groups excluding tert-OH is 2. The Bertz CT molecular complexity index is 872. The summed E-state index contributed by atoms with van der Waals surface area (Å²) >= 11 is 1.36. The number of likely N-dealkylation sites (tertiary alicyclic amines) is 1. The lowest BCUT2D eigenvalue weighted by atomic mass is 9.92. The number of aliphatic hydroxyl groups is 2. The van der Waals surface area contributed by atoms with E-state index in [1.54, 1.807) is 14.0 Å². The average molecular weight is 525 g/mol. The van der Waals surface area contributed by atoms with Crippen molar-refractivity contribution in [2.45, 2.75) is 87.4 Å². The number of benzene rings is 1. The fourth-order valence-electron chi connectivity index (χ4n) is 5.65. The van der Waals surface area contributed by atoms with Crippen molar-refractivity contribution in [3.8, 4) is 5.75 Å². The second kappa shape index (κ2) is 12.0. The Kier molecular flexibility index (Phi) is 9.19. The molecule has 0 saturated carbocycles. The molecule has 202 valence electrons. The zero-order valence-corrected chi connectivity index (χ0v) is 22.5. The first kappa shape index (κ1) is 27.6. The lowest BCUT2D eigenvalue weighted by Crippen LogP contribution is -2.65. The van der Waals surface area contributed by atoms with Crippen molar-refractivity contribution >= 4 is 17.7 Å². The molecular weight excluding hydrogens is 484 g/mol. The van der Waals surface area contributed by atoms with Gasteiger partial charge in [0.1, 0.15) is 35.6 Å². The van der Waals surface area contributed by atoms with Crippen LogP contribution in [0.5, 0.6) is 5.75 Å². The SMILES string of the molecule is CCC[C@@H]1C[C@@H](C(=O)N[C@@H]([C@@H]2O[C@H](SC)[C@H](O)[C@@H]3O[C@@H](c4ccc(OC)cc4)O[C@@H]32)[C@H](C)O)N(C)C1. The van der Waals surface area contributed by atoms with Crippen LogP contribution in [-0.4, -0.2) is 96.0 Å². The molecule has 0 bridgehead atoms. The first-order valence-electron chi connectivity index (χ1n) is 12.8. The van der Waals surface area contributed by atoms with E-state index in [1.165, 1.54) is 11.8 Å². The highest BCUT2D eigenvalue weighted by Crippen LogP contribution is 2.42. The predicted molar refractivity (Wildman–Crippen MR) is 137 cm³/mol. The molecule has 1 amide bonds. The summed E-state index contributed by atoms with van der Waals surface area (Å²) in [7, 11) is 3.57. The third-order valence-corrected chi connectivity index (χ3v) is 8.41. The van der Waals surface area contributed by atoms with E-state index in [1.807, 2.05) is 37.6 Å². The van der Waals surface area contributed by atoms with Crippen LogP contribution in [0, 0.1) is 5.92 Å². The fourth-order valence-corrected chi connectivity index (χ4v) is 6.32. The summed E-state index contributed by atoms with van der Waals surface area (Å²) in [5.41, 5.74) is 0.194. The molecule has 4 rings (SSSR count). The van der Waals surface area contributed by atoms with Gasteiger partial charge in [0.25, 0.3) is 0 Å². The number of nitrogens with zero attached hydrogens (tertiary/aromatic N) is 1. The van der Waals surface area contributed by atoms with Crippen LogP contribution >= 0.6 is 11.8 Å². The summed E-state index contributed by atoms with van der Waals surface area (Å²) in [5, 5.41) is 24.8. The number of methoxy groups -OCH3 is 1. The van der Waals surface area contributed by atoms with Gasteiger partial charge >= 0.3 is 0 Å². The molecule has 3 heterocycles. The van der Waals surface area contributed by atoms with Crippen molar-refractivity contribution in [3.05, 3.63) is 29.8 Å². The molecule has 3 aliphatic heterocycles. The van der Waals surface area contributed by atoms with Crippen molar-refractivity contribution < 1.29 is 34.0 Å². The number of likely N-dealkylation sites (N-methyl/N-ethyl adjacent to an activating group) is 1. The Morgan fingerprint density at radius 2 is 1.94 bits per heavy atom. The van der Waals surface area contributed by atoms with Crippen molar-refractivity contribution in [1.29, 1.82) is 0 Å². The van der Waals surface area contributed by atoms with Gasteiger partial charge < -0.3 is 34.5 Å². The lowest BCUT2D eigenvalue weighted by Gasteiger charge is -2.43. The molecule has 10 atom stereocenters. The molecular formula is C26H40N2O7S. The summed E-state index contributed by atoms with van der Waals surface area (Å²) in [6.07, 6.45) is 0.228.